The molecule has 0 aromatic heterocycles. The maximum Gasteiger partial charge on any atom is 0.137 e. The minimum absolute atomic E-state index is 0.158. The molecule has 1 aromatic rings. The molecular weight excluding hydrogens is 234 g/mol. The first kappa shape index (κ1) is 14.3. The van der Waals surface area contributed by atoms with E-state index < -0.39 is 0 Å². The summed E-state index contributed by atoms with van der Waals surface area (Å²) in [6.45, 7) is 7.00. The molecule has 0 radical (unpaired) electrons. The van der Waals surface area contributed by atoms with Crippen LogP contribution in [0, 0.1) is 0 Å². The Balaban J connectivity index is 2.64. The van der Waals surface area contributed by atoms with E-state index >= 15 is 0 Å². The lowest BCUT2D eigenvalue weighted by molar-refractivity contribution is 0.340. The summed E-state index contributed by atoms with van der Waals surface area (Å²) in [6, 6.07) is 6.04. The highest BCUT2D eigenvalue weighted by atomic mass is 35.5. The first-order chi connectivity index (χ1) is 7.98. The number of nitrogens with one attached hydrogen (secondary N) is 1. The zero-order valence-electron chi connectivity index (χ0n) is 11.1. The van der Waals surface area contributed by atoms with E-state index in [-0.39, 0.29) is 5.54 Å². The van der Waals surface area contributed by atoms with Gasteiger partial charge in [-0.2, -0.15) is 0 Å². The van der Waals surface area contributed by atoms with Gasteiger partial charge in [-0.1, -0.05) is 17.7 Å². The van der Waals surface area contributed by atoms with Crippen molar-refractivity contribution in [2.75, 3.05) is 13.7 Å². The van der Waals surface area contributed by atoms with Gasteiger partial charge in [-0.3, -0.25) is 0 Å². The van der Waals surface area contributed by atoms with Crippen LogP contribution >= 0.6 is 11.6 Å². The van der Waals surface area contributed by atoms with E-state index in [0.717, 1.165) is 18.6 Å². The molecule has 0 heterocycles. The van der Waals surface area contributed by atoms with Crippen LogP contribution in [0.4, 0.5) is 0 Å². The van der Waals surface area contributed by atoms with Crippen LogP contribution in [0.25, 0.3) is 0 Å². The van der Waals surface area contributed by atoms with Crippen LogP contribution in [0.2, 0.25) is 5.02 Å². The van der Waals surface area contributed by atoms with Gasteiger partial charge in [-0.15, -0.1) is 0 Å². The highest BCUT2D eigenvalue weighted by molar-refractivity contribution is 6.32. The number of aryl methyl sites for hydroxylation is 1. The fourth-order valence-corrected chi connectivity index (χ4v) is 1.81. The van der Waals surface area contributed by atoms with Gasteiger partial charge in [-0.05, 0) is 58.4 Å². The predicted octanol–water partition coefficient (Wildman–Crippen LogP) is 3.67. The molecule has 0 fully saturated rings. The quantitative estimate of drug-likeness (QED) is 0.838. The Morgan fingerprint density at radius 3 is 2.59 bits per heavy atom. The lowest BCUT2D eigenvalue weighted by atomic mass is 9.95. The number of ether oxygens (including phenoxy) is 1. The molecule has 1 N–H and O–H groups in total. The molecule has 2 nitrogen and oxygen atoms in total. The van der Waals surface area contributed by atoms with Crippen molar-refractivity contribution in [3.8, 4) is 5.75 Å². The number of rotatable bonds is 6. The molecule has 17 heavy (non-hydrogen) atoms. The van der Waals surface area contributed by atoms with Gasteiger partial charge in [-0.25, -0.2) is 0 Å². The highest BCUT2D eigenvalue weighted by Crippen LogP contribution is 2.26. The monoisotopic (exact) mass is 255 g/mol. The van der Waals surface area contributed by atoms with Gasteiger partial charge in [0.1, 0.15) is 5.75 Å². The Labute approximate surface area is 109 Å². The van der Waals surface area contributed by atoms with Crippen molar-refractivity contribution in [1.29, 1.82) is 0 Å². The van der Waals surface area contributed by atoms with Crippen LogP contribution in [-0.2, 0) is 6.42 Å². The Kier molecular flexibility index (Phi) is 5.29. The van der Waals surface area contributed by atoms with Crippen LogP contribution in [-0.4, -0.2) is 19.2 Å². The van der Waals surface area contributed by atoms with E-state index in [4.69, 9.17) is 16.3 Å². The predicted molar refractivity (Wildman–Crippen MR) is 74.1 cm³/mol. The molecule has 0 unspecified atom stereocenters. The normalized spacial score (nSPS) is 11.6. The van der Waals surface area contributed by atoms with Crippen molar-refractivity contribution in [1.82, 2.24) is 5.32 Å². The molecular formula is C14H22ClNO. The van der Waals surface area contributed by atoms with Crippen LogP contribution in [0.1, 0.15) is 32.8 Å². The summed E-state index contributed by atoms with van der Waals surface area (Å²) in [4.78, 5) is 0. The number of benzene rings is 1. The summed E-state index contributed by atoms with van der Waals surface area (Å²) in [6.07, 6.45) is 2.09. The largest absolute Gasteiger partial charge is 0.492 e. The van der Waals surface area contributed by atoms with Crippen molar-refractivity contribution in [2.24, 2.45) is 0 Å². The average Bonchev–Trinajstić information content (AvgIpc) is 2.30. The maximum absolute atomic E-state index is 6.15. The molecule has 0 bridgehead atoms. The van der Waals surface area contributed by atoms with Gasteiger partial charge in [0.2, 0.25) is 0 Å². The molecule has 0 spiro atoms. The lowest BCUT2D eigenvalue weighted by Crippen LogP contribution is -2.36. The molecule has 0 aliphatic rings. The Morgan fingerprint density at radius 1 is 1.35 bits per heavy atom. The summed E-state index contributed by atoms with van der Waals surface area (Å²) in [5.41, 5.74) is 1.41. The molecule has 96 valence electrons. The number of hydrogen-bond acceptors (Lipinski definition) is 2. The minimum atomic E-state index is 0.158. The Morgan fingerprint density at radius 2 is 2.06 bits per heavy atom. The van der Waals surface area contributed by atoms with Crippen LogP contribution in [0.15, 0.2) is 18.2 Å². The van der Waals surface area contributed by atoms with Gasteiger partial charge in [0.25, 0.3) is 0 Å². The van der Waals surface area contributed by atoms with Gasteiger partial charge in [0.05, 0.1) is 11.6 Å². The summed E-state index contributed by atoms with van der Waals surface area (Å²) < 4.78 is 5.41. The summed E-state index contributed by atoms with van der Waals surface area (Å²) in [5.74, 6) is 0.769. The third kappa shape index (κ3) is 4.57. The molecule has 0 aliphatic carbocycles. The number of halogens is 1. The van der Waals surface area contributed by atoms with Crippen LogP contribution in [0.3, 0.4) is 0 Å². The van der Waals surface area contributed by atoms with Gasteiger partial charge in [0, 0.05) is 5.54 Å². The topological polar surface area (TPSA) is 21.3 Å². The van der Waals surface area contributed by atoms with E-state index in [9.17, 15) is 0 Å². The van der Waals surface area contributed by atoms with Crippen LogP contribution < -0.4 is 10.1 Å². The second kappa shape index (κ2) is 6.27. The molecule has 0 saturated carbocycles. The zero-order valence-corrected chi connectivity index (χ0v) is 11.9. The Hall–Kier alpha value is -0.730. The van der Waals surface area contributed by atoms with E-state index in [2.05, 4.69) is 25.2 Å². The number of hydrogen-bond donors (Lipinski definition) is 1. The molecule has 3 heteroatoms. The van der Waals surface area contributed by atoms with Crippen LogP contribution in [0.5, 0.6) is 5.75 Å². The molecule has 1 aromatic carbocycles. The molecule has 1 rings (SSSR count). The van der Waals surface area contributed by atoms with Crippen molar-refractivity contribution in [2.45, 2.75) is 39.2 Å². The fraction of sp³-hybridized carbons (Fsp3) is 0.571. The zero-order chi connectivity index (χ0) is 12.9. The first-order valence-corrected chi connectivity index (χ1v) is 6.46. The molecule has 0 atom stereocenters. The molecule has 0 saturated heterocycles. The third-order valence-corrected chi connectivity index (χ3v) is 3.31. The van der Waals surface area contributed by atoms with Crippen molar-refractivity contribution in [3.05, 3.63) is 28.8 Å². The van der Waals surface area contributed by atoms with E-state index in [1.807, 2.05) is 26.1 Å². The van der Waals surface area contributed by atoms with Crippen molar-refractivity contribution < 1.29 is 4.74 Å². The molecule has 0 aliphatic heterocycles. The van der Waals surface area contributed by atoms with Crippen molar-refractivity contribution in [3.63, 3.8) is 0 Å². The van der Waals surface area contributed by atoms with E-state index in [1.54, 1.807) is 0 Å². The Bertz CT molecular complexity index is 363. The molecule has 0 amide bonds. The summed E-state index contributed by atoms with van der Waals surface area (Å²) >= 11 is 6.15. The second-order valence-electron chi connectivity index (χ2n) is 4.83. The average molecular weight is 256 g/mol. The van der Waals surface area contributed by atoms with Crippen molar-refractivity contribution >= 4 is 11.6 Å². The van der Waals surface area contributed by atoms with E-state index in [0.29, 0.717) is 11.6 Å². The third-order valence-electron chi connectivity index (χ3n) is 3.01. The highest BCUT2D eigenvalue weighted by Gasteiger charge is 2.14. The smallest absolute Gasteiger partial charge is 0.137 e. The summed E-state index contributed by atoms with van der Waals surface area (Å²) in [7, 11) is 1.99. The summed E-state index contributed by atoms with van der Waals surface area (Å²) in [5, 5.41) is 4.00. The fourth-order valence-electron chi connectivity index (χ4n) is 1.55. The second-order valence-corrected chi connectivity index (χ2v) is 5.24. The van der Waals surface area contributed by atoms with Gasteiger partial charge >= 0.3 is 0 Å². The van der Waals surface area contributed by atoms with Gasteiger partial charge < -0.3 is 10.1 Å². The van der Waals surface area contributed by atoms with E-state index in [1.165, 1.54) is 5.56 Å². The van der Waals surface area contributed by atoms with Gasteiger partial charge in [0.15, 0.2) is 0 Å². The first-order valence-electron chi connectivity index (χ1n) is 6.08. The maximum atomic E-state index is 6.15. The SMILES string of the molecule is CCOc1ccc(CCC(C)(C)NC)cc1Cl. The lowest BCUT2D eigenvalue weighted by Gasteiger charge is -2.23. The standard InChI is InChI=1S/C14H22ClNO/c1-5-17-13-7-6-11(10-12(13)15)8-9-14(2,3)16-4/h6-7,10,16H,5,8-9H2,1-4H3. The minimum Gasteiger partial charge on any atom is -0.492 e.